The molecule has 0 spiro atoms. The summed E-state index contributed by atoms with van der Waals surface area (Å²) in [5, 5.41) is 11.1. The Balaban J connectivity index is 0.966. The van der Waals surface area contributed by atoms with Crippen molar-refractivity contribution in [1.29, 1.82) is 0 Å². The Morgan fingerprint density at radius 1 is 0.240 bits per heavy atom. The van der Waals surface area contributed by atoms with Crippen molar-refractivity contribution >= 4 is 98.5 Å². The molecule has 0 bridgehead atoms. The molecule has 50 heavy (non-hydrogen) atoms. The van der Waals surface area contributed by atoms with Crippen molar-refractivity contribution in [3.8, 4) is 22.3 Å². The van der Waals surface area contributed by atoms with Gasteiger partial charge in [-0.05, 0) is 99.8 Å². The fraction of sp³-hybridized carbons (Fsp3) is 0. The van der Waals surface area contributed by atoms with Gasteiger partial charge in [0, 0.05) is 49.2 Å². The van der Waals surface area contributed by atoms with E-state index in [1.165, 1.54) is 10.8 Å². The van der Waals surface area contributed by atoms with Crippen LogP contribution in [0.15, 0.2) is 163 Å². The topological polar surface area (TPSA) is 52.6 Å². The summed E-state index contributed by atoms with van der Waals surface area (Å²) >= 11 is 0. The lowest BCUT2D eigenvalue weighted by Gasteiger charge is -2.08. The zero-order valence-corrected chi connectivity index (χ0v) is 26.5. The first kappa shape index (κ1) is 26.2. The molecule has 4 aromatic heterocycles. The SMILES string of the molecule is c1ccc2c(c1)oc1cc3oc4ccc(-c5ccc6ccc(-c7ccc8oc9c(ccc%10c%11ccccc%11oc%109)c8c7)cc6c5)cc4c3cc12. The second-order valence-corrected chi connectivity index (χ2v) is 13.3. The maximum Gasteiger partial charge on any atom is 0.178 e. The van der Waals surface area contributed by atoms with Crippen molar-refractivity contribution < 1.29 is 17.7 Å². The first-order valence-corrected chi connectivity index (χ1v) is 16.8. The third kappa shape index (κ3) is 3.59. The van der Waals surface area contributed by atoms with Crippen LogP contribution in [0.2, 0.25) is 0 Å². The molecule has 4 nitrogen and oxygen atoms in total. The summed E-state index contributed by atoms with van der Waals surface area (Å²) in [5.74, 6) is 0. The van der Waals surface area contributed by atoms with E-state index in [1.54, 1.807) is 0 Å². The molecule has 4 heterocycles. The molecule has 12 rings (SSSR count). The Kier molecular flexibility index (Phi) is 4.94. The Hall–Kier alpha value is -6.78. The Bertz CT molecular complexity index is 3380. The predicted molar refractivity (Wildman–Crippen MR) is 204 cm³/mol. The standard InChI is InChI=1S/C46H24O4/c1-4-8-40-31(5-1)33-15-16-34-35-21-28(14-18-42(35)50-46(34)45(33)49-40)26-11-9-25-10-12-27(20-30(25)19-26)29-13-17-41-36(22-29)38-23-37-32-6-2-3-7-39(32)47-43(37)24-44(38)48-41/h1-24H. The van der Waals surface area contributed by atoms with Crippen LogP contribution in [-0.4, -0.2) is 0 Å². The highest BCUT2D eigenvalue weighted by Gasteiger charge is 2.17. The summed E-state index contributed by atoms with van der Waals surface area (Å²) < 4.78 is 25.1. The summed E-state index contributed by atoms with van der Waals surface area (Å²) in [6, 6.07) is 51.1. The number of fused-ring (bicyclic) bond motifs is 14. The molecule has 0 saturated carbocycles. The second-order valence-electron chi connectivity index (χ2n) is 13.3. The van der Waals surface area contributed by atoms with Crippen LogP contribution in [0.3, 0.4) is 0 Å². The maximum atomic E-state index is 6.40. The van der Waals surface area contributed by atoms with Crippen LogP contribution in [0.1, 0.15) is 0 Å². The quantitative estimate of drug-likeness (QED) is 0.189. The van der Waals surface area contributed by atoms with Crippen LogP contribution in [0.4, 0.5) is 0 Å². The molecule has 0 saturated heterocycles. The highest BCUT2D eigenvalue weighted by Crippen LogP contribution is 2.41. The van der Waals surface area contributed by atoms with E-state index >= 15 is 0 Å². The van der Waals surface area contributed by atoms with Gasteiger partial charge in [0.2, 0.25) is 0 Å². The summed E-state index contributed by atoms with van der Waals surface area (Å²) in [7, 11) is 0. The van der Waals surface area contributed by atoms with Gasteiger partial charge in [0.05, 0.1) is 0 Å². The molecule has 0 N–H and O–H groups in total. The molecule has 0 radical (unpaired) electrons. The normalized spacial score (nSPS) is 12.4. The van der Waals surface area contributed by atoms with Gasteiger partial charge >= 0.3 is 0 Å². The number of para-hydroxylation sites is 2. The summed E-state index contributed by atoms with van der Waals surface area (Å²) in [6.45, 7) is 0. The smallest absolute Gasteiger partial charge is 0.178 e. The molecular formula is C46H24O4. The van der Waals surface area contributed by atoms with E-state index in [1.807, 2.05) is 36.4 Å². The minimum Gasteiger partial charge on any atom is -0.456 e. The van der Waals surface area contributed by atoms with Crippen LogP contribution in [0.5, 0.6) is 0 Å². The monoisotopic (exact) mass is 640 g/mol. The maximum absolute atomic E-state index is 6.40. The van der Waals surface area contributed by atoms with Gasteiger partial charge in [0.1, 0.15) is 33.5 Å². The van der Waals surface area contributed by atoms with Crippen molar-refractivity contribution in [1.82, 2.24) is 0 Å². The highest BCUT2D eigenvalue weighted by atomic mass is 16.4. The largest absolute Gasteiger partial charge is 0.456 e. The van der Waals surface area contributed by atoms with Gasteiger partial charge in [-0.2, -0.15) is 0 Å². The van der Waals surface area contributed by atoms with Crippen molar-refractivity contribution in [3.05, 3.63) is 146 Å². The van der Waals surface area contributed by atoms with Crippen LogP contribution < -0.4 is 0 Å². The van der Waals surface area contributed by atoms with Gasteiger partial charge in [0.15, 0.2) is 11.2 Å². The Morgan fingerprint density at radius 2 is 0.680 bits per heavy atom. The zero-order valence-electron chi connectivity index (χ0n) is 26.5. The second kappa shape index (κ2) is 9.43. The van der Waals surface area contributed by atoms with Crippen LogP contribution in [0.25, 0.3) is 121 Å². The van der Waals surface area contributed by atoms with E-state index in [-0.39, 0.29) is 0 Å². The molecule has 0 atom stereocenters. The van der Waals surface area contributed by atoms with E-state index in [2.05, 4.69) is 109 Å². The van der Waals surface area contributed by atoms with E-state index in [9.17, 15) is 0 Å². The fourth-order valence-corrected chi connectivity index (χ4v) is 7.98. The van der Waals surface area contributed by atoms with Crippen LogP contribution in [0, 0.1) is 0 Å². The summed E-state index contributed by atoms with van der Waals surface area (Å²) in [4.78, 5) is 0. The molecule has 4 heteroatoms. The molecule has 0 amide bonds. The molecule has 232 valence electrons. The summed E-state index contributed by atoms with van der Waals surface area (Å²) in [6.07, 6.45) is 0. The van der Waals surface area contributed by atoms with E-state index in [0.717, 1.165) is 110 Å². The number of hydrogen-bond acceptors (Lipinski definition) is 4. The molecular weight excluding hydrogens is 617 g/mol. The van der Waals surface area contributed by atoms with Gasteiger partial charge < -0.3 is 17.7 Å². The average molecular weight is 641 g/mol. The number of hydrogen-bond donors (Lipinski definition) is 0. The lowest BCUT2D eigenvalue weighted by molar-refractivity contribution is 0.633. The molecule has 8 aromatic carbocycles. The van der Waals surface area contributed by atoms with E-state index in [4.69, 9.17) is 17.7 Å². The van der Waals surface area contributed by atoms with Crippen molar-refractivity contribution in [2.24, 2.45) is 0 Å². The summed E-state index contributed by atoms with van der Waals surface area (Å²) in [5.41, 5.74) is 11.3. The first-order valence-electron chi connectivity index (χ1n) is 16.8. The third-order valence-electron chi connectivity index (χ3n) is 10.5. The Labute approximate surface area is 283 Å². The van der Waals surface area contributed by atoms with Crippen molar-refractivity contribution in [2.75, 3.05) is 0 Å². The van der Waals surface area contributed by atoms with Crippen LogP contribution >= 0.6 is 0 Å². The third-order valence-corrected chi connectivity index (χ3v) is 10.5. The van der Waals surface area contributed by atoms with Gasteiger partial charge in [-0.3, -0.25) is 0 Å². The number of rotatable bonds is 2. The molecule has 0 aliphatic heterocycles. The predicted octanol–water partition coefficient (Wildman–Crippen LogP) is 13.8. The minimum atomic E-state index is 0.791. The molecule has 0 aliphatic rings. The van der Waals surface area contributed by atoms with Crippen molar-refractivity contribution in [2.45, 2.75) is 0 Å². The molecule has 0 fully saturated rings. The first-order chi connectivity index (χ1) is 24.7. The van der Waals surface area contributed by atoms with Gasteiger partial charge in [-0.1, -0.05) is 72.8 Å². The van der Waals surface area contributed by atoms with Gasteiger partial charge in [-0.15, -0.1) is 0 Å². The van der Waals surface area contributed by atoms with Gasteiger partial charge in [-0.25, -0.2) is 0 Å². The lowest BCUT2D eigenvalue weighted by Crippen LogP contribution is -1.82. The van der Waals surface area contributed by atoms with E-state index in [0.29, 0.717) is 0 Å². The van der Waals surface area contributed by atoms with Crippen molar-refractivity contribution in [3.63, 3.8) is 0 Å². The van der Waals surface area contributed by atoms with E-state index < -0.39 is 0 Å². The lowest BCUT2D eigenvalue weighted by atomic mass is 9.96. The molecule has 0 aliphatic carbocycles. The zero-order chi connectivity index (χ0) is 32.5. The van der Waals surface area contributed by atoms with Gasteiger partial charge in [0.25, 0.3) is 0 Å². The number of furan rings is 4. The minimum absolute atomic E-state index is 0.791. The fourth-order valence-electron chi connectivity index (χ4n) is 7.98. The molecule has 0 unspecified atom stereocenters. The van der Waals surface area contributed by atoms with Crippen LogP contribution in [-0.2, 0) is 0 Å². The molecule has 12 aromatic rings. The highest BCUT2D eigenvalue weighted by molar-refractivity contribution is 6.19. The Morgan fingerprint density at radius 3 is 1.34 bits per heavy atom. The number of benzene rings is 8. The average Bonchev–Trinajstić information content (AvgIpc) is 3.92.